The van der Waals surface area contributed by atoms with Crippen LogP contribution < -0.4 is 10.6 Å². The highest BCUT2D eigenvalue weighted by atomic mass is 15.0. The average molecular weight is 154 g/mol. The number of likely N-dealkylation sites (N-methyl/N-ethyl adjacent to an activating group) is 1. The molecule has 2 atom stereocenters. The summed E-state index contributed by atoms with van der Waals surface area (Å²) in [6.07, 6.45) is 7.09. The van der Waals surface area contributed by atoms with E-state index < -0.39 is 0 Å². The predicted molar refractivity (Wildman–Crippen MR) is 48.4 cm³/mol. The maximum Gasteiger partial charge on any atom is 0.0408 e. The van der Waals surface area contributed by atoms with Crippen molar-refractivity contribution in [3.05, 3.63) is 12.8 Å². The molecular weight excluding hydrogens is 136 g/mol. The molecule has 1 aliphatic rings. The molecule has 1 aliphatic carbocycles. The van der Waals surface area contributed by atoms with Gasteiger partial charge in [0.05, 0.1) is 0 Å². The summed E-state index contributed by atoms with van der Waals surface area (Å²) in [6.45, 7) is 3.68. The average Bonchev–Trinajstić information content (AvgIpc) is 2.06. The Balaban J connectivity index is 2.37. The third-order valence-corrected chi connectivity index (χ3v) is 2.47. The molecule has 1 rings (SSSR count). The summed E-state index contributed by atoms with van der Waals surface area (Å²) in [6, 6.07) is 1.24. The lowest BCUT2D eigenvalue weighted by atomic mass is 9.90. The molecule has 11 heavy (non-hydrogen) atoms. The molecule has 2 N–H and O–H groups in total. The van der Waals surface area contributed by atoms with Crippen molar-refractivity contribution in [2.75, 3.05) is 7.05 Å². The zero-order chi connectivity index (χ0) is 8.10. The van der Waals surface area contributed by atoms with Crippen LogP contribution in [0, 0.1) is 0 Å². The lowest BCUT2D eigenvalue weighted by molar-refractivity contribution is 0.317. The first-order chi connectivity index (χ1) is 5.38. The molecule has 0 bridgehead atoms. The van der Waals surface area contributed by atoms with Crippen molar-refractivity contribution in [2.24, 2.45) is 0 Å². The molecule has 0 spiro atoms. The lowest BCUT2D eigenvalue weighted by Crippen LogP contribution is -2.46. The number of nitrogens with one attached hydrogen (secondary N) is 2. The van der Waals surface area contributed by atoms with Crippen LogP contribution >= 0.6 is 0 Å². The van der Waals surface area contributed by atoms with Crippen LogP contribution in [0.15, 0.2) is 12.8 Å². The van der Waals surface area contributed by atoms with E-state index in [9.17, 15) is 0 Å². The Morgan fingerprint density at radius 1 is 1.27 bits per heavy atom. The Morgan fingerprint density at radius 2 is 1.91 bits per heavy atom. The van der Waals surface area contributed by atoms with E-state index in [1.54, 1.807) is 6.20 Å². The second-order valence-corrected chi connectivity index (χ2v) is 3.16. The highest BCUT2D eigenvalue weighted by Gasteiger charge is 2.21. The van der Waals surface area contributed by atoms with Gasteiger partial charge < -0.3 is 10.6 Å². The molecule has 2 heteroatoms. The van der Waals surface area contributed by atoms with Gasteiger partial charge in [-0.3, -0.25) is 0 Å². The highest BCUT2D eigenvalue weighted by molar-refractivity contribution is 4.87. The van der Waals surface area contributed by atoms with Gasteiger partial charge in [-0.15, -0.1) is 0 Å². The molecule has 1 saturated carbocycles. The van der Waals surface area contributed by atoms with Crippen LogP contribution in [0.3, 0.4) is 0 Å². The smallest absolute Gasteiger partial charge is 0.0408 e. The van der Waals surface area contributed by atoms with E-state index in [1.165, 1.54) is 25.7 Å². The Morgan fingerprint density at radius 3 is 2.45 bits per heavy atom. The molecule has 0 aliphatic heterocycles. The van der Waals surface area contributed by atoms with E-state index in [-0.39, 0.29) is 0 Å². The molecule has 0 heterocycles. The molecule has 0 unspecified atom stereocenters. The fourth-order valence-corrected chi connectivity index (χ4v) is 1.83. The van der Waals surface area contributed by atoms with Crippen LogP contribution in [-0.2, 0) is 0 Å². The Bertz CT molecular complexity index is 123. The fourth-order valence-electron chi connectivity index (χ4n) is 1.83. The molecule has 2 nitrogen and oxygen atoms in total. The molecule has 1 fully saturated rings. The molecule has 0 aromatic rings. The molecule has 0 saturated heterocycles. The normalized spacial score (nSPS) is 31.4. The van der Waals surface area contributed by atoms with Gasteiger partial charge >= 0.3 is 0 Å². The van der Waals surface area contributed by atoms with Gasteiger partial charge in [-0.1, -0.05) is 19.4 Å². The summed E-state index contributed by atoms with van der Waals surface area (Å²) < 4.78 is 0. The summed E-state index contributed by atoms with van der Waals surface area (Å²) in [5.74, 6) is 0. The zero-order valence-corrected chi connectivity index (χ0v) is 7.27. The minimum absolute atomic E-state index is 0.603. The van der Waals surface area contributed by atoms with Crippen molar-refractivity contribution in [3.8, 4) is 0 Å². The number of rotatable bonds is 3. The maximum absolute atomic E-state index is 3.68. The number of hydrogen-bond donors (Lipinski definition) is 2. The monoisotopic (exact) mass is 154 g/mol. The first kappa shape index (κ1) is 8.60. The second kappa shape index (κ2) is 4.39. The van der Waals surface area contributed by atoms with Crippen LogP contribution in [0.5, 0.6) is 0 Å². The van der Waals surface area contributed by atoms with Crippen LogP contribution in [0.4, 0.5) is 0 Å². The van der Waals surface area contributed by atoms with Gasteiger partial charge in [0, 0.05) is 12.1 Å². The Kier molecular flexibility index (Phi) is 3.43. The standard InChI is InChI=1S/C9H18N2/c1-3-11-9-7-5-4-6-8(9)10-2/h3,8-11H,1,4-7H2,2H3/t8-,9-/m0/s1. The van der Waals surface area contributed by atoms with E-state index in [2.05, 4.69) is 17.2 Å². The van der Waals surface area contributed by atoms with Gasteiger partial charge in [0.2, 0.25) is 0 Å². The first-order valence-electron chi connectivity index (χ1n) is 4.42. The van der Waals surface area contributed by atoms with Crippen molar-refractivity contribution in [1.29, 1.82) is 0 Å². The molecular formula is C9H18N2. The Hall–Kier alpha value is -0.500. The minimum Gasteiger partial charge on any atom is -0.387 e. The lowest BCUT2D eigenvalue weighted by Gasteiger charge is -2.31. The summed E-state index contributed by atoms with van der Waals surface area (Å²) >= 11 is 0. The van der Waals surface area contributed by atoms with E-state index in [1.807, 2.05) is 7.05 Å². The third kappa shape index (κ3) is 2.22. The van der Waals surface area contributed by atoms with Crippen LogP contribution in [0.2, 0.25) is 0 Å². The second-order valence-electron chi connectivity index (χ2n) is 3.16. The summed E-state index contributed by atoms with van der Waals surface area (Å²) in [7, 11) is 2.04. The van der Waals surface area contributed by atoms with Crippen molar-refractivity contribution < 1.29 is 0 Å². The quantitative estimate of drug-likeness (QED) is 0.639. The zero-order valence-electron chi connectivity index (χ0n) is 7.27. The molecule has 0 radical (unpaired) electrons. The molecule has 0 aromatic heterocycles. The largest absolute Gasteiger partial charge is 0.387 e. The van der Waals surface area contributed by atoms with E-state index in [0.29, 0.717) is 12.1 Å². The summed E-state index contributed by atoms with van der Waals surface area (Å²) in [4.78, 5) is 0. The van der Waals surface area contributed by atoms with Gasteiger partial charge in [-0.05, 0) is 26.1 Å². The van der Waals surface area contributed by atoms with Gasteiger partial charge in [0.15, 0.2) is 0 Å². The third-order valence-electron chi connectivity index (χ3n) is 2.47. The minimum atomic E-state index is 0.603. The van der Waals surface area contributed by atoms with Crippen LogP contribution in [0.1, 0.15) is 25.7 Å². The van der Waals surface area contributed by atoms with E-state index >= 15 is 0 Å². The topological polar surface area (TPSA) is 24.1 Å². The van der Waals surface area contributed by atoms with Crippen molar-refractivity contribution in [3.63, 3.8) is 0 Å². The van der Waals surface area contributed by atoms with Gasteiger partial charge in [0.1, 0.15) is 0 Å². The SMILES string of the molecule is C=CN[C@H]1CCCC[C@@H]1NC. The highest BCUT2D eigenvalue weighted by Crippen LogP contribution is 2.17. The van der Waals surface area contributed by atoms with Crippen LogP contribution in [-0.4, -0.2) is 19.1 Å². The van der Waals surface area contributed by atoms with E-state index in [4.69, 9.17) is 0 Å². The van der Waals surface area contributed by atoms with E-state index in [0.717, 1.165) is 0 Å². The van der Waals surface area contributed by atoms with Gasteiger partial charge in [-0.25, -0.2) is 0 Å². The predicted octanol–water partition coefficient (Wildman–Crippen LogP) is 1.25. The van der Waals surface area contributed by atoms with Gasteiger partial charge in [0.25, 0.3) is 0 Å². The number of hydrogen-bond acceptors (Lipinski definition) is 2. The maximum atomic E-state index is 3.68. The van der Waals surface area contributed by atoms with Crippen molar-refractivity contribution in [2.45, 2.75) is 37.8 Å². The fraction of sp³-hybridized carbons (Fsp3) is 0.778. The molecule has 64 valence electrons. The summed E-state index contributed by atoms with van der Waals surface area (Å²) in [5.41, 5.74) is 0. The van der Waals surface area contributed by atoms with Crippen molar-refractivity contribution >= 4 is 0 Å². The molecule has 0 aromatic carbocycles. The van der Waals surface area contributed by atoms with Gasteiger partial charge in [-0.2, -0.15) is 0 Å². The molecule has 0 amide bonds. The first-order valence-corrected chi connectivity index (χ1v) is 4.42. The summed E-state index contributed by atoms with van der Waals surface area (Å²) in [5, 5.41) is 6.62. The van der Waals surface area contributed by atoms with Crippen molar-refractivity contribution in [1.82, 2.24) is 10.6 Å². The van der Waals surface area contributed by atoms with Crippen LogP contribution in [0.25, 0.3) is 0 Å². The Labute approximate surface area is 69.1 Å².